The normalized spacial score (nSPS) is 10.6. The first-order valence-electron chi connectivity index (χ1n) is 5.77. The SMILES string of the molecule is CCCCc1cc[c-](C)c1.[C-]1=CC=CC1.[Cl-].[Cl-].[Zr+4]. The molecule has 1 aromatic rings. The Kier molecular flexibility index (Phi) is 19.9. The summed E-state index contributed by atoms with van der Waals surface area (Å²) in [5.74, 6) is 0. The van der Waals surface area contributed by atoms with Crippen molar-refractivity contribution in [2.24, 2.45) is 0 Å². The van der Waals surface area contributed by atoms with Crippen LogP contribution < -0.4 is 24.8 Å². The number of allylic oxidation sites excluding steroid dienone is 4. The van der Waals surface area contributed by atoms with Gasteiger partial charge in [0.05, 0.1) is 0 Å². The second-order valence-electron chi connectivity index (χ2n) is 3.90. The van der Waals surface area contributed by atoms with Crippen LogP contribution in [0, 0.1) is 13.0 Å². The van der Waals surface area contributed by atoms with Gasteiger partial charge in [0, 0.05) is 0 Å². The van der Waals surface area contributed by atoms with Crippen LogP contribution in [0.4, 0.5) is 0 Å². The number of unbranched alkanes of at least 4 members (excludes halogenated alkanes) is 1. The molecule has 1 aliphatic rings. The van der Waals surface area contributed by atoms with E-state index in [-0.39, 0.29) is 51.0 Å². The summed E-state index contributed by atoms with van der Waals surface area (Å²) in [4.78, 5) is 0. The molecule has 1 aromatic carbocycles. The second kappa shape index (κ2) is 15.4. The Balaban J connectivity index is -0.000000245. The minimum Gasteiger partial charge on any atom is -1.00 e. The van der Waals surface area contributed by atoms with Crippen LogP contribution in [0.15, 0.2) is 36.4 Å². The first-order chi connectivity index (χ1) is 7.33. The van der Waals surface area contributed by atoms with Crippen molar-refractivity contribution in [3.63, 3.8) is 0 Å². The molecule has 1 aliphatic carbocycles. The topological polar surface area (TPSA) is 0 Å². The van der Waals surface area contributed by atoms with E-state index in [1.807, 2.05) is 12.2 Å². The van der Waals surface area contributed by atoms with Crippen LogP contribution in [0.5, 0.6) is 0 Å². The quantitative estimate of drug-likeness (QED) is 0.567. The van der Waals surface area contributed by atoms with Crippen molar-refractivity contribution in [2.75, 3.05) is 0 Å². The van der Waals surface area contributed by atoms with Crippen LogP contribution in [0.1, 0.15) is 37.3 Å². The van der Waals surface area contributed by atoms with E-state index in [0.717, 1.165) is 6.42 Å². The van der Waals surface area contributed by atoms with Crippen LogP contribution in [-0.4, -0.2) is 0 Å². The standard InChI is InChI=1S/C10H15.C5H5.2ClH.Zr/c1-3-4-5-10-7-6-9(2)8-10;1-2-4-5-3-1;;;/h6-8H,3-5H2,1-2H3;1-3H,4H2;2*1H;/q2*-1;;;+4/p-2. The van der Waals surface area contributed by atoms with E-state index in [1.165, 1.54) is 30.4 Å². The number of rotatable bonds is 3. The van der Waals surface area contributed by atoms with E-state index in [4.69, 9.17) is 0 Å². The zero-order valence-corrected chi connectivity index (χ0v) is 15.0. The summed E-state index contributed by atoms with van der Waals surface area (Å²) >= 11 is 0. The molecule has 0 spiro atoms. The molecule has 0 atom stereocenters. The maximum Gasteiger partial charge on any atom is 4.00 e. The zero-order valence-electron chi connectivity index (χ0n) is 11.0. The molecule has 0 unspecified atom stereocenters. The van der Waals surface area contributed by atoms with Crippen molar-refractivity contribution >= 4 is 0 Å². The summed E-state index contributed by atoms with van der Waals surface area (Å²) in [7, 11) is 0. The first-order valence-corrected chi connectivity index (χ1v) is 5.77. The molecule has 0 fully saturated rings. The molecule has 3 heteroatoms. The van der Waals surface area contributed by atoms with Crippen molar-refractivity contribution in [2.45, 2.75) is 39.5 Å². The van der Waals surface area contributed by atoms with E-state index in [0.29, 0.717) is 0 Å². The molecule has 0 N–H and O–H groups in total. The van der Waals surface area contributed by atoms with Gasteiger partial charge in [0.1, 0.15) is 0 Å². The summed E-state index contributed by atoms with van der Waals surface area (Å²) in [6, 6.07) is 6.69. The van der Waals surface area contributed by atoms with Crippen molar-refractivity contribution < 1.29 is 51.0 Å². The molecular formula is C15H20Cl2Zr. The van der Waals surface area contributed by atoms with Gasteiger partial charge >= 0.3 is 26.2 Å². The molecule has 0 nitrogen and oxygen atoms in total. The second-order valence-corrected chi connectivity index (χ2v) is 3.90. The minimum absolute atomic E-state index is 0. The molecule has 18 heavy (non-hydrogen) atoms. The molecule has 0 saturated heterocycles. The number of aryl methyl sites for hydroxylation is 2. The summed E-state index contributed by atoms with van der Waals surface area (Å²) in [5.41, 5.74) is 2.89. The van der Waals surface area contributed by atoms with Crippen molar-refractivity contribution in [3.8, 4) is 0 Å². The number of halogens is 2. The summed E-state index contributed by atoms with van der Waals surface area (Å²) < 4.78 is 0. The molecule has 0 saturated carbocycles. The molecule has 0 radical (unpaired) electrons. The van der Waals surface area contributed by atoms with Crippen LogP contribution in [0.2, 0.25) is 0 Å². The third kappa shape index (κ3) is 11.4. The Bertz CT molecular complexity index is 317. The van der Waals surface area contributed by atoms with E-state index in [2.05, 4.69) is 44.2 Å². The van der Waals surface area contributed by atoms with Gasteiger partial charge in [0.25, 0.3) is 0 Å². The van der Waals surface area contributed by atoms with Crippen molar-refractivity contribution in [3.05, 3.63) is 53.6 Å². The van der Waals surface area contributed by atoms with Gasteiger partial charge in [0.2, 0.25) is 0 Å². The molecular weight excluding hydrogens is 342 g/mol. The van der Waals surface area contributed by atoms with Crippen molar-refractivity contribution in [1.29, 1.82) is 0 Å². The van der Waals surface area contributed by atoms with Gasteiger partial charge in [0.15, 0.2) is 0 Å². The van der Waals surface area contributed by atoms with Gasteiger partial charge in [-0.3, -0.25) is 6.08 Å². The van der Waals surface area contributed by atoms with Gasteiger partial charge in [-0.2, -0.15) is 29.3 Å². The molecule has 0 heterocycles. The van der Waals surface area contributed by atoms with Crippen LogP contribution in [0.3, 0.4) is 0 Å². The van der Waals surface area contributed by atoms with Gasteiger partial charge in [-0.15, -0.1) is 6.42 Å². The zero-order chi connectivity index (χ0) is 10.9. The van der Waals surface area contributed by atoms with Gasteiger partial charge in [-0.1, -0.05) is 33.1 Å². The molecule has 0 aromatic heterocycles. The predicted molar refractivity (Wildman–Crippen MR) is 67.0 cm³/mol. The van der Waals surface area contributed by atoms with E-state index in [1.54, 1.807) is 0 Å². The average molecular weight is 362 g/mol. The fraction of sp³-hybridized carbons (Fsp3) is 0.400. The van der Waals surface area contributed by atoms with Crippen LogP contribution in [0.25, 0.3) is 0 Å². The Hall–Kier alpha value is 0.293. The summed E-state index contributed by atoms with van der Waals surface area (Å²) in [5, 5.41) is 0. The Morgan fingerprint density at radius 2 is 2.06 bits per heavy atom. The minimum atomic E-state index is 0. The number of hydrogen-bond acceptors (Lipinski definition) is 0. The summed E-state index contributed by atoms with van der Waals surface area (Å²) in [6.07, 6.45) is 13.9. The van der Waals surface area contributed by atoms with E-state index < -0.39 is 0 Å². The molecule has 98 valence electrons. The van der Waals surface area contributed by atoms with Crippen LogP contribution >= 0.6 is 0 Å². The van der Waals surface area contributed by atoms with Gasteiger partial charge in [-0.05, 0) is 0 Å². The maximum absolute atomic E-state index is 2.99. The fourth-order valence-electron chi connectivity index (χ4n) is 1.50. The Morgan fingerprint density at radius 1 is 1.33 bits per heavy atom. The third-order valence-corrected chi connectivity index (χ3v) is 2.38. The van der Waals surface area contributed by atoms with E-state index in [9.17, 15) is 0 Å². The maximum atomic E-state index is 2.99. The molecule has 0 amide bonds. The number of hydrogen-bond donors (Lipinski definition) is 0. The largest absolute Gasteiger partial charge is 4.00 e. The third-order valence-electron chi connectivity index (χ3n) is 2.38. The average Bonchev–Trinajstić information content (AvgIpc) is 2.88. The predicted octanol–water partition coefficient (Wildman–Crippen LogP) is -1.63. The van der Waals surface area contributed by atoms with Crippen LogP contribution in [-0.2, 0) is 32.6 Å². The van der Waals surface area contributed by atoms with E-state index >= 15 is 0 Å². The van der Waals surface area contributed by atoms with Crippen molar-refractivity contribution in [1.82, 2.24) is 0 Å². The molecule has 0 bridgehead atoms. The Labute approximate surface area is 143 Å². The Morgan fingerprint density at radius 3 is 2.39 bits per heavy atom. The molecule has 0 aliphatic heterocycles. The smallest absolute Gasteiger partial charge is 1.00 e. The first kappa shape index (κ1) is 23.4. The summed E-state index contributed by atoms with van der Waals surface area (Å²) in [6.45, 7) is 4.38. The van der Waals surface area contributed by atoms with Gasteiger partial charge in [-0.25, -0.2) is 18.2 Å². The monoisotopic (exact) mass is 360 g/mol. The van der Waals surface area contributed by atoms with Gasteiger partial charge < -0.3 is 24.8 Å². The fourth-order valence-corrected chi connectivity index (χ4v) is 1.50. The molecule has 2 rings (SSSR count).